The van der Waals surface area contributed by atoms with Gasteiger partial charge in [0.1, 0.15) is 11.2 Å². The van der Waals surface area contributed by atoms with Gasteiger partial charge in [0, 0.05) is 13.1 Å². The second-order valence-corrected chi connectivity index (χ2v) is 7.63. The summed E-state index contributed by atoms with van der Waals surface area (Å²) in [5, 5.41) is 5.49. The number of carbonyl (C=O) groups excluding carboxylic acids is 2. The van der Waals surface area contributed by atoms with Crippen LogP contribution in [0.5, 0.6) is 0 Å². The molecule has 6 heteroatoms. The van der Waals surface area contributed by atoms with E-state index in [-0.39, 0.29) is 12.2 Å². The minimum atomic E-state index is -0.453. The van der Waals surface area contributed by atoms with Gasteiger partial charge in [0.2, 0.25) is 0 Å². The standard InChI is InChI=1S/C17H34N2O4/c1-16(2,3)22-14(20)18-12-10-8-7-9-11-13-19-15(21)23-17(4,5)6/h7-13H2,1-6H3,(H,18,20)(H,19,21). The summed E-state index contributed by atoms with van der Waals surface area (Å²) in [7, 11) is 0. The van der Waals surface area contributed by atoms with Gasteiger partial charge in [0.25, 0.3) is 0 Å². The highest BCUT2D eigenvalue weighted by Gasteiger charge is 2.16. The van der Waals surface area contributed by atoms with Crippen molar-refractivity contribution in [2.24, 2.45) is 0 Å². The molecule has 0 heterocycles. The van der Waals surface area contributed by atoms with Crippen LogP contribution in [-0.4, -0.2) is 36.5 Å². The molecule has 0 rings (SSSR count). The predicted molar refractivity (Wildman–Crippen MR) is 91.6 cm³/mol. The van der Waals surface area contributed by atoms with Crippen molar-refractivity contribution in [1.82, 2.24) is 10.6 Å². The lowest BCUT2D eigenvalue weighted by Crippen LogP contribution is -2.33. The molecule has 0 aromatic carbocycles. The minimum absolute atomic E-state index is 0.362. The van der Waals surface area contributed by atoms with Gasteiger partial charge in [0.05, 0.1) is 0 Å². The fraction of sp³-hybridized carbons (Fsp3) is 0.882. The Labute approximate surface area is 140 Å². The van der Waals surface area contributed by atoms with Gasteiger partial charge in [-0.25, -0.2) is 9.59 Å². The molecule has 0 saturated heterocycles. The smallest absolute Gasteiger partial charge is 0.407 e. The van der Waals surface area contributed by atoms with Gasteiger partial charge < -0.3 is 20.1 Å². The van der Waals surface area contributed by atoms with Crippen LogP contribution in [0.4, 0.5) is 9.59 Å². The molecule has 0 spiro atoms. The van der Waals surface area contributed by atoms with Gasteiger partial charge in [-0.1, -0.05) is 19.3 Å². The second kappa shape index (κ2) is 10.3. The Kier molecular flexibility index (Phi) is 9.68. The average Bonchev–Trinajstić information content (AvgIpc) is 2.32. The van der Waals surface area contributed by atoms with Gasteiger partial charge in [-0.05, 0) is 54.4 Å². The van der Waals surface area contributed by atoms with Crippen LogP contribution in [0.2, 0.25) is 0 Å². The summed E-state index contributed by atoms with van der Waals surface area (Å²) in [5.74, 6) is 0. The van der Waals surface area contributed by atoms with Crippen LogP contribution >= 0.6 is 0 Å². The fourth-order valence-electron chi connectivity index (χ4n) is 1.79. The van der Waals surface area contributed by atoms with Crippen molar-refractivity contribution in [2.45, 2.75) is 84.8 Å². The lowest BCUT2D eigenvalue weighted by atomic mass is 10.1. The summed E-state index contributed by atoms with van der Waals surface area (Å²) >= 11 is 0. The highest BCUT2D eigenvalue weighted by molar-refractivity contribution is 5.67. The van der Waals surface area contributed by atoms with E-state index >= 15 is 0 Å². The zero-order valence-corrected chi connectivity index (χ0v) is 15.6. The predicted octanol–water partition coefficient (Wildman–Crippen LogP) is 3.99. The van der Waals surface area contributed by atoms with Crippen LogP contribution in [0.1, 0.15) is 73.6 Å². The Hall–Kier alpha value is -1.46. The Morgan fingerprint density at radius 1 is 0.652 bits per heavy atom. The quantitative estimate of drug-likeness (QED) is 0.660. The van der Waals surface area contributed by atoms with Gasteiger partial charge in [0.15, 0.2) is 0 Å². The molecule has 0 bridgehead atoms. The van der Waals surface area contributed by atoms with Crippen molar-refractivity contribution in [2.75, 3.05) is 13.1 Å². The molecule has 0 aliphatic carbocycles. The maximum absolute atomic E-state index is 11.4. The normalized spacial score (nSPS) is 11.7. The van der Waals surface area contributed by atoms with Crippen molar-refractivity contribution in [3.63, 3.8) is 0 Å². The Morgan fingerprint density at radius 2 is 0.957 bits per heavy atom. The topological polar surface area (TPSA) is 76.7 Å². The van der Waals surface area contributed by atoms with Gasteiger partial charge in [-0.3, -0.25) is 0 Å². The summed E-state index contributed by atoms with van der Waals surface area (Å²) < 4.78 is 10.3. The van der Waals surface area contributed by atoms with Crippen LogP contribution in [-0.2, 0) is 9.47 Å². The highest BCUT2D eigenvalue weighted by Crippen LogP contribution is 2.08. The van der Waals surface area contributed by atoms with Crippen molar-refractivity contribution in [3.8, 4) is 0 Å². The molecule has 0 saturated carbocycles. The average molecular weight is 330 g/mol. The first kappa shape index (κ1) is 21.5. The number of unbranched alkanes of at least 4 members (excludes halogenated alkanes) is 4. The van der Waals surface area contributed by atoms with Crippen LogP contribution in [0.15, 0.2) is 0 Å². The number of alkyl carbamates (subject to hydrolysis) is 2. The first-order valence-electron chi connectivity index (χ1n) is 8.43. The number of nitrogens with one attached hydrogen (secondary N) is 2. The zero-order valence-electron chi connectivity index (χ0n) is 15.6. The van der Waals surface area contributed by atoms with Crippen LogP contribution in [0.25, 0.3) is 0 Å². The summed E-state index contributed by atoms with van der Waals surface area (Å²) in [6.45, 7) is 12.3. The largest absolute Gasteiger partial charge is 0.444 e. The van der Waals surface area contributed by atoms with Crippen LogP contribution in [0.3, 0.4) is 0 Å². The number of rotatable bonds is 8. The molecular weight excluding hydrogens is 296 g/mol. The number of hydrogen-bond donors (Lipinski definition) is 2. The van der Waals surface area contributed by atoms with Crippen LogP contribution < -0.4 is 10.6 Å². The van der Waals surface area contributed by atoms with Crippen molar-refractivity contribution < 1.29 is 19.1 Å². The van der Waals surface area contributed by atoms with E-state index in [0.717, 1.165) is 32.1 Å². The molecule has 2 amide bonds. The van der Waals surface area contributed by atoms with Crippen molar-refractivity contribution >= 4 is 12.2 Å². The van der Waals surface area contributed by atoms with Crippen molar-refractivity contribution in [1.29, 1.82) is 0 Å². The van der Waals surface area contributed by atoms with E-state index in [1.165, 1.54) is 0 Å². The third kappa shape index (κ3) is 16.7. The molecule has 0 unspecified atom stereocenters. The Morgan fingerprint density at radius 3 is 1.26 bits per heavy atom. The second-order valence-electron chi connectivity index (χ2n) is 7.63. The number of carbonyl (C=O) groups is 2. The van der Waals surface area contributed by atoms with Gasteiger partial charge in [-0.2, -0.15) is 0 Å². The zero-order chi connectivity index (χ0) is 17.9. The van der Waals surface area contributed by atoms with Gasteiger partial charge >= 0.3 is 12.2 Å². The Bertz CT molecular complexity index is 323. The summed E-state index contributed by atoms with van der Waals surface area (Å²) in [5.41, 5.74) is -0.906. The molecule has 0 radical (unpaired) electrons. The minimum Gasteiger partial charge on any atom is -0.444 e. The molecule has 0 aliphatic heterocycles. The summed E-state index contributed by atoms with van der Waals surface area (Å²) in [6.07, 6.45) is 4.30. The molecule has 23 heavy (non-hydrogen) atoms. The first-order chi connectivity index (χ1) is 10.5. The lowest BCUT2D eigenvalue weighted by molar-refractivity contribution is 0.0516. The molecule has 0 atom stereocenters. The summed E-state index contributed by atoms with van der Waals surface area (Å²) in [6, 6.07) is 0. The molecule has 0 aliphatic rings. The number of ether oxygens (including phenoxy) is 2. The van der Waals surface area contributed by atoms with E-state index < -0.39 is 11.2 Å². The van der Waals surface area contributed by atoms with E-state index in [4.69, 9.17) is 9.47 Å². The molecule has 0 fully saturated rings. The maximum atomic E-state index is 11.4. The number of hydrogen-bond acceptors (Lipinski definition) is 4. The van der Waals surface area contributed by atoms with Gasteiger partial charge in [-0.15, -0.1) is 0 Å². The molecular formula is C17H34N2O4. The fourth-order valence-corrected chi connectivity index (χ4v) is 1.79. The number of amides is 2. The monoisotopic (exact) mass is 330 g/mol. The van der Waals surface area contributed by atoms with Crippen molar-refractivity contribution in [3.05, 3.63) is 0 Å². The Balaban J connectivity index is 3.41. The molecule has 2 N–H and O–H groups in total. The highest BCUT2D eigenvalue weighted by atomic mass is 16.6. The third-order valence-electron chi connectivity index (χ3n) is 2.69. The SMILES string of the molecule is CC(C)(C)OC(=O)NCCCCCCCNC(=O)OC(C)(C)C. The van der Waals surface area contributed by atoms with E-state index in [9.17, 15) is 9.59 Å². The molecule has 0 aromatic heterocycles. The van der Waals surface area contributed by atoms with E-state index in [1.807, 2.05) is 41.5 Å². The molecule has 136 valence electrons. The summed E-state index contributed by atoms with van der Waals surface area (Å²) in [4.78, 5) is 22.8. The molecule has 0 aromatic rings. The third-order valence-corrected chi connectivity index (χ3v) is 2.69. The van der Waals surface area contributed by atoms with E-state index in [1.54, 1.807) is 0 Å². The van der Waals surface area contributed by atoms with E-state index in [0.29, 0.717) is 13.1 Å². The van der Waals surface area contributed by atoms with E-state index in [2.05, 4.69) is 10.6 Å². The molecule has 6 nitrogen and oxygen atoms in total. The lowest BCUT2D eigenvalue weighted by Gasteiger charge is -2.19. The maximum Gasteiger partial charge on any atom is 0.407 e. The van der Waals surface area contributed by atoms with Crippen LogP contribution in [0, 0.1) is 0 Å². The first-order valence-corrected chi connectivity index (χ1v) is 8.43.